The van der Waals surface area contributed by atoms with Crippen LogP contribution in [0.4, 0.5) is 5.95 Å². The van der Waals surface area contributed by atoms with Gasteiger partial charge in [-0.05, 0) is 45.8 Å². The summed E-state index contributed by atoms with van der Waals surface area (Å²) >= 11 is 3.48. The number of hydrogen-bond donors (Lipinski definition) is 2. The zero-order valence-electron chi connectivity index (χ0n) is 10.6. The molecule has 0 saturated heterocycles. The number of halogens is 1. The second-order valence-electron chi connectivity index (χ2n) is 3.63. The molecule has 0 aliphatic rings. The average molecular weight is 328 g/mol. The molecular formula is C11H14BrN5O2. The van der Waals surface area contributed by atoms with E-state index < -0.39 is 0 Å². The summed E-state index contributed by atoms with van der Waals surface area (Å²) < 4.78 is 11.7. The summed E-state index contributed by atoms with van der Waals surface area (Å²) in [5.74, 6) is 1.83. The minimum atomic E-state index is 0.448. The number of nitrogens with zero attached hydrogens (tertiary/aromatic N) is 3. The number of rotatable bonds is 6. The molecule has 0 aliphatic carbocycles. The van der Waals surface area contributed by atoms with Crippen LogP contribution in [0.3, 0.4) is 0 Å². The molecule has 7 nitrogen and oxygen atoms in total. The summed E-state index contributed by atoms with van der Waals surface area (Å²) in [6, 6.07) is 3.86. The molecule has 2 aromatic rings. The largest absolute Gasteiger partial charge is 0.493 e. The Morgan fingerprint density at radius 1 is 1.42 bits per heavy atom. The Balaban J connectivity index is 2.15. The average Bonchev–Trinajstić information content (AvgIpc) is 2.92. The topological polar surface area (TPSA) is 85.0 Å². The molecule has 0 fully saturated rings. The molecule has 8 heteroatoms. The van der Waals surface area contributed by atoms with Gasteiger partial charge in [0.1, 0.15) is 0 Å². The van der Waals surface area contributed by atoms with Gasteiger partial charge in [-0.25, -0.2) is 0 Å². The van der Waals surface area contributed by atoms with Crippen LogP contribution in [-0.4, -0.2) is 34.3 Å². The summed E-state index contributed by atoms with van der Waals surface area (Å²) in [5, 5.41) is 16.5. The molecular weight excluding hydrogens is 314 g/mol. The maximum Gasteiger partial charge on any atom is 0.263 e. The predicted octanol–water partition coefficient (Wildman–Crippen LogP) is 1.98. The highest BCUT2D eigenvalue weighted by Gasteiger charge is 2.11. The molecule has 102 valence electrons. The predicted molar refractivity (Wildman–Crippen MR) is 73.4 cm³/mol. The standard InChI is InChI=1S/C11H14BrN5O2/c1-3-19-10-8(12)4-7(5-9(10)18-2)6-13-11-14-16-17-15-11/h4-5H,3,6H2,1-2H3,(H2,13,14,15,16,17). The van der Waals surface area contributed by atoms with Crippen molar-refractivity contribution in [2.75, 3.05) is 19.0 Å². The van der Waals surface area contributed by atoms with Crippen molar-refractivity contribution >= 4 is 21.9 Å². The van der Waals surface area contributed by atoms with Gasteiger partial charge in [-0.3, -0.25) is 0 Å². The van der Waals surface area contributed by atoms with E-state index >= 15 is 0 Å². The Kier molecular flexibility index (Phi) is 4.56. The third-order valence-corrected chi connectivity index (χ3v) is 2.96. The fourth-order valence-corrected chi connectivity index (χ4v) is 2.18. The van der Waals surface area contributed by atoms with Gasteiger partial charge < -0.3 is 14.8 Å². The van der Waals surface area contributed by atoms with Crippen molar-refractivity contribution in [2.45, 2.75) is 13.5 Å². The molecule has 0 amide bonds. The van der Waals surface area contributed by atoms with Gasteiger partial charge in [-0.2, -0.15) is 5.21 Å². The van der Waals surface area contributed by atoms with Crippen LogP contribution in [0, 0.1) is 0 Å². The van der Waals surface area contributed by atoms with Crippen molar-refractivity contribution < 1.29 is 9.47 Å². The Morgan fingerprint density at radius 2 is 2.26 bits per heavy atom. The molecule has 0 unspecified atom stereocenters. The van der Waals surface area contributed by atoms with E-state index in [1.165, 1.54) is 0 Å². The van der Waals surface area contributed by atoms with Crippen LogP contribution in [0.5, 0.6) is 11.5 Å². The fraction of sp³-hybridized carbons (Fsp3) is 0.364. The van der Waals surface area contributed by atoms with Crippen LogP contribution in [0.1, 0.15) is 12.5 Å². The van der Waals surface area contributed by atoms with E-state index in [1.807, 2.05) is 19.1 Å². The summed E-state index contributed by atoms with van der Waals surface area (Å²) in [5.41, 5.74) is 1.01. The van der Waals surface area contributed by atoms with Crippen LogP contribution in [0.15, 0.2) is 16.6 Å². The second-order valence-corrected chi connectivity index (χ2v) is 4.49. The first-order valence-corrected chi connectivity index (χ1v) is 6.50. The van der Waals surface area contributed by atoms with Crippen molar-refractivity contribution in [3.8, 4) is 11.5 Å². The van der Waals surface area contributed by atoms with Crippen LogP contribution < -0.4 is 14.8 Å². The zero-order valence-corrected chi connectivity index (χ0v) is 12.2. The van der Waals surface area contributed by atoms with Crippen molar-refractivity contribution in [1.82, 2.24) is 20.6 Å². The highest BCUT2D eigenvalue weighted by molar-refractivity contribution is 9.10. The molecule has 0 bridgehead atoms. The van der Waals surface area contributed by atoms with Gasteiger partial charge in [-0.15, -0.1) is 5.10 Å². The highest BCUT2D eigenvalue weighted by atomic mass is 79.9. The fourth-order valence-electron chi connectivity index (χ4n) is 1.58. The minimum absolute atomic E-state index is 0.448. The zero-order chi connectivity index (χ0) is 13.7. The van der Waals surface area contributed by atoms with E-state index in [0.717, 1.165) is 10.0 Å². The van der Waals surface area contributed by atoms with Gasteiger partial charge in [0.15, 0.2) is 11.5 Å². The van der Waals surface area contributed by atoms with Gasteiger partial charge in [-0.1, -0.05) is 5.10 Å². The van der Waals surface area contributed by atoms with E-state index in [4.69, 9.17) is 9.47 Å². The number of tetrazole rings is 1. The Bertz CT molecular complexity index is 532. The number of benzene rings is 1. The first-order chi connectivity index (χ1) is 9.24. The first kappa shape index (κ1) is 13.6. The van der Waals surface area contributed by atoms with Crippen LogP contribution in [-0.2, 0) is 6.54 Å². The maximum atomic E-state index is 5.53. The molecule has 1 heterocycles. The van der Waals surface area contributed by atoms with Crippen LogP contribution in [0.25, 0.3) is 0 Å². The third kappa shape index (κ3) is 3.34. The molecule has 0 radical (unpaired) electrons. The molecule has 1 aromatic carbocycles. The number of methoxy groups -OCH3 is 1. The minimum Gasteiger partial charge on any atom is -0.493 e. The van der Waals surface area contributed by atoms with Gasteiger partial charge >= 0.3 is 0 Å². The monoisotopic (exact) mass is 327 g/mol. The maximum absolute atomic E-state index is 5.53. The Hall–Kier alpha value is -1.83. The van der Waals surface area contributed by atoms with Crippen molar-refractivity contribution in [3.63, 3.8) is 0 Å². The summed E-state index contributed by atoms with van der Waals surface area (Å²) in [6.07, 6.45) is 0. The Morgan fingerprint density at radius 3 is 2.89 bits per heavy atom. The molecule has 0 aliphatic heterocycles. The molecule has 2 rings (SSSR count). The number of aromatic amines is 1. The van der Waals surface area contributed by atoms with E-state index in [-0.39, 0.29) is 0 Å². The molecule has 0 atom stereocenters. The lowest BCUT2D eigenvalue weighted by Gasteiger charge is -2.13. The molecule has 19 heavy (non-hydrogen) atoms. The number of H-pyrrole nitrogens is 1. The van der Waals surface area contributed by atoms with Crippen molar-refractivity contribution in [1.29, 1.82) is 0 Å². The van der Waals surface area contributed by atoms with E-state index in [2.05, 4.69) is 41.9 Å². The lowest BCUT2D eigenvalue weighted by atomic mass is 10.2. The normalized spacial score (nSPS) is 10.3. The molecule has 1 aromatic heterocycles. The number of hydrogen-bond acceptors (Lipinski definition) is 6. The SMILES string of the molecule is CCOc1c(Br)cc(CNc2nn[nH]n2)cc1OC. The van der Waals surface area contributed by atoms with Gasteiger partial charge in [0, 0.05) is 6.54 Å². The quantitative estimate of drug-likeness (QED) is 0.843. The van der Waals surface area contributed by atoms with Crippen molar-refractivity contribution in [2.24, 2.45) is 0 Å². The van der Waals surface area contributed by atoms with E-state index in [9.17, 15) is 0 Å². The summed E-state index contributed by atoms with van der Waals surface area (Å²) in [6.45, 7) is 3.06. The number of nitrogens with one attached hydrogen (secondary N) is 2. The van der Waals surface area contributed by atoms with Gasteiger partial charge in [0.2, 0.25) is 0 Å². The second kappa shape index (κ2) is 6.37. The van der Waals surface area contributed by atoms with E-state index in [1.54, 1.807) is 7.11 Å². The number of ether oxygens (including phenoxy) is 2. The molecule has 0 spiro atoms. The summed E-state index contributed by atoms with van der Waals surface area (Å²) in [7, 11) is 1.61. The van der Waals surface area contributed by atoms with Crippen LogP contribution in [0.2, 0.25) is 0 Å². The summed E-state index contributed by atoms with van der Waals surface area (Å²) in [4.78, 5) is 0. The van der Waals surface area contributed by atoms with Crippen molar-refractivity contribution in [3.05, 3.63) is 22.2 Å². The lowest BCUT2D eigenvalue weighted by Crippen LogP contribution is -2.03. The number of anilines is 1. The van der Waals surface area contributed by atoms with E-state index in [0.29, 0.717) is 30.6 Å². The van der Waals surface area contributed by atoms with Gasteiger partial charge in [0.25, 0.3) is 5.95 Å². The lowest BCUT2D eigenvalue weighted by molar-refractivity contribution is 0.308. The van der Waals surface area contributed by atoms with Crippen LogP contribution >= 0.6 is 15.9 Å². The first-order valence-electron chi connectivity index (χ1n) is 5.71. The Labute approximate surface area is 118 Å². The molecule has 2 N–H and O–H groups in total. The van der Waals surface area contributed by atoms with Gasteiger partial charge in [0.05, 0.1) is 18.2 Å². The third-order valence-electron chi connectivity index (χ3n) is 2.37. The number of aromatic nitrogens is 4. The highest BCUT2D eigenvalue weighted by Crippen LogP contribution is 2.36. The molecule has 0 saturated carbocycles. The smallest absolute Gasteiger partial charge is 0.263 e.